The predicted molar refractivity (Wildman–Crippen MR) is 276 cm³/mol. The Morgan fingerprint density at radius 3 is 1.14 bits per heavy atom. The monoisotopic (exact) mass is 932 g/mol. The Balaban J connectivity index is 1.03. The van der Waals surface area contributed by atoms with Crippen LogP contribution >= 0.6 is 60.5 Å². The Kier molecular flexibility index (Phi) is 8.97. The van der Waals surface area contributed by atoms with Crippen molar-refractivity contribution in [3.8, 4) is 11.4 Å². The Bertz CT molecular complexity index is 3630. The Labute approximate surface area is 385 Å². The van der Waals surface area contributed by atoms with Crippen LogP contribution in [-0.4, -0.2) is 9.13 Å². The first-order chi connectivity index (χ1) is 31.5. The van der Waals surface area contributed by atoms with E-state index >= 15 is 9.13 Å². The molecule has 2 unspecified atom stereocenters. The molecule has 0 amide bonds. The van der Waals surface area contributed by atoms with Crippen LogP contribution in [0.2, 0.25) is 0 Å². The van der Waals surface area contributed by atoms with E-state index in [9.17, 15) is 0 Å². The third-order valence-electron chi connectivity index (χ3n) is 12.3. The van der Waals surface area contributed by atoms with Gasteiger partial charge in [0.2, 0.25) is 0 Å². The maximum Gasteiger partial charge on any atom is 0.173 e. The van der Waals surface area contributed by atoms with Gasteiger partial charge in [-0.3, -0.25) is 0 Å². The molecule has 9 aromatic carbocycles. The third kappa shape index (κ3) is 5.77. The lowest BCUT2D eigenvalue weighted by molar-refractivity contribution is 0.591. The van der Waals surface area contributed by atoms with E-state index in [1.807, 2.05) is 97.1 Å². The maximum atomic E-state index is 15.6. The van der Waals surface area contributed by atoms with Crippen molar-refractivity contribution in [1.82, 2.24) is 9.13 Å². The Morgan fingerprint density at radius 1 is 0.312 bits per heavy atom. The summed E-state index contributed by atoms with van der Waals surface area (Å²) in [6, 6.07) is 71.3. The van der Waals surface area contributed by atoms with Gasteiger partial charge in [0.1, 0.15) is 0 Å². The summed E-state index contributed by atoms with van der Waals surface area (Å²) in [7, 11) is -6.27. The molecule has 2 atom stereocenters. The van der Waals surface area contributed by atoms with E-state index in [1.54, 1.807) is 46.2 Å². The zero-order valence-electron chi connectivity index (χ0n) is 33.9. The molecule has 4 nitrogen and oxygen atoms in total. The lowest BCUT2D eigenvalue weighted by Gasteiger charge is -2.29. The fourth-order valence-electron chi connectivity index (χ4n) is 9.46. The zero-order valence-corrected chi connectivity index (χ0v) is 38.9. The van der Waals surface area contributed by atoms with Gasteiger partial charge in [0.25, 0.3) is 0 Å². The van der Waals surface area contributed by atoms with E-state index in [2.05, 4.69) is 118 Å². The van der Waals surface area contributed by atoms with Crippen molar-refractivity contribution >= 4 is 133 Å². The van der Waals surface area contributed by atoms with Gasteiger partial charge in [0.05, 0.1) is 40.9 Å². The summed E-state index contributed by atoms with van der Waals surface area (Å²) in [5.41, 5.74) is 6.46. The molecular formula is C54H34N2O2P2S4. The molecule has 13 rings (SSSR count). The van der Waals surface area contributed by atoms with Crippen molar-refractivity contribution in [1.29, 1.82) is 0 Å². The second kappa shape index (κ2) is 14.9. The number of para-hydroxylation sites is 2. The minimum Gasteiger partial charge on any atom is -0.309 e. The SMILES string of the molecule is O=P1(c2ccccc2)c2ccccc2Sc2cc(-n3c4ccccc4sc4cc5c(cc43)sc3ccccc3n5-c3ccc4c(c3)Sc3ccccc3P4(=O)c3ccccc3)ccc21. The maximum absolute atomic E-state index is 15.6. The molecular weight excluding hydrogens is 899 g/mol. The van der Waals surface area contributed by atoms with Crippen molar-refractivity contribution in [3.63, 3.8) is 0 Å². The van der Waals surface area contributed by atoms with Gasteiger partial charge in [0.15, 0.2) is 14.3 Å². The quantitative estimate of drug-likeness (QED) is 0.130. The Hall–Kier alpha value is -5.82. The van der Waals surface area contributed by atoms with Crippen molar-refractivity contribution < 1.29 is 9.13 Å². The number of fused-ring (bicyclic) bond motifs is 8. The summed E-state index contributed by atoms with van der Waals surface area (Å²) < 4.78 is 40.5. The molecule has 0 fully saturated rings. The van der Waals surface area contributed by atoms with Crippen LogP contribution < -0.4 is 31.8 Å². The summed E-state index contributed by atoms with van der Waals surface area (Å²) >= 11 is 6.99. The van der Waals surface area contributed by atoms with Gasteiger partial charge in [-0.1, -0.05) is 133 Å². The molecule has 0 bridgehead atoms. The molecule has 2 aliphatic heterocycles. The zero-order chi connectivity index (χ0) is 42.6. The largest absolute Gasteiger partial charge is 0.309 e. The fraction of sp³-hybridized carbons (Fsp3) is 0. The molecule has 4 heterocycles. The summed E-state index contributed by atoms with van der Waals surface area (Å²) in [6.07, 6.45) is 0. The molecule has 306 valence electrons. The van der Waals surface area contributed by atoms with Crippen LogP contribution in [0.3, 0.4) is 0 Å². The number of hydrogen-bond donors (Lipinski definition) is 0. The lowest BCUT2D eigenvalue weighted by Crippen LogP contribution is -2.30. The average molecular weight is 933 g/mol. The van der Waals surface area contributed by atoms with E-state index in [0.29, 0.717) is 0 Å². The lowest BCUT2D eigenvalue weighted by atomic mass is 10.2. The predicted octanol–water partition coefficient (Wildman–Crippen LogP) is 13.3. The van der Waals surface area contributed by atoms with Crippen molar-refractivity contribution in [2.75, 3.05) is 0 Å². The summed E-state index contributed by atoms with van der Waals surface area (Å²) in [5.74, 6) is 0. The van der Waals surface area contributed by atoms with Gasteiger partial charge in [0, 0.05) is 62.8 Å². The van der Waals surface area contributed by atoms with E-state index in [-0.39, 0.29) is 0 Å². The molecule has 2 aromatic heterocycles. The van der Waals surface area contributed by atoms with Gasteiger partial charge < -0.3 is 18.3 Å². The van der Waals surface area contributed by atoms with Crippen LogP contribution in [0.15, 0.2) is 226 Å². The van der Waals surface area contributed by atoms with Gasteiger partial charge in [-0.25, -0.2) is 0 Å². The van der Waals surface area contributed by atoms with Gasteiger partial charge >= 0.3 is 0 Å². The second-order valence-electron chi connectivity index (χ2n) is 15.9. The third-order valence-corrected chi connectivity index (χ3v) is 23.8. The van der Waals surface area contributed by atoms with E-state index in [0.717, 1.165) is 104 Å². The highest BCUT2D eigenvalue weighted by molar-refractivity contribution is 8.03. The van der Waals surface area contributed by atoms with Crippen LogP contribution in [-0.2, 0) is 9.13 Å². The van der Waals surface area contributed by atoms with Crippen molar-refractivity contribution in [3.05, 3.63) is 206 Å². The van der Waals surface area contributed by atoms with E-state index in [4.69, 9.17) is 0 Å². The number of rotatable bonds is 4. The minimum absolute atomic E-state index is 0.850. The van der Waals surface area contributed by atoms with Crippen molar-refractivity contribution in [2.24, 2.45) is 0 Å². The highest BCUT2D eigenvalue weighted by atomic mass is 32.2. The number of nitrogens with zero attached hydrogens (tertiary/aromatic N) is 2. The fourth-order valence-corrected chi connectivity index (χ4v) is 21.0. The normalized spacial score (nSPS) is 17.5. The summed E-state index contributed by atoms with van der Waals surface area (Å²) in [5, 5.41) is 5.26. The number of aromatic nitrogens is 2. The first-order valence-electron chi connectivity index (χ1n) is 20.9. The molecule has 0 aliphatic carbocycles. The van der Waals surface area contributed by atoms with E-state index in [1.165, 1.54) is 0 Å². The molecule has 64 heavy (non-hydrogen) atoms. The molecule has 0 saturated carbocycles. The smallest absolute Gasteiger partial charge is 0.173 e. The van der Waals surface area contributed by atoms with Crippen LogP contribution in [0.5, 0.6) is 0 Å². The molecule has 11 aromatic rings. The van der Waals surface area contributed by atoms with Gasteiger partial charge in [-0.05, 0) is 97.1 Å². The van der Waals surface area contributed by atoms with E-state index < -0.39 is 14.3 Å². The van der Waals surface area contributed by atoms with Crippen LogP contribution in [0.1, 0.15) is 0 Å². The Morgan fingerprint density at radius 2 is 0.688 bits per heavy atom. The first-order valence-corrected chi connectivity index (χ1v) is 27.6. The van der Waals surface area contributed by atoms with Gasteiger partial charge in [-0.2, -0.15) is 0 Å². The van der Waals surface area contributed by atoms with Crippen molar-refractivity contribution in [2.45, 2.75) is 19.6 Å². The van der Waals surface area contributed by atoms with Crippen LogP contribution in [0.4, 0.5) is 0 Å². The minimum atomic E-state index is -3.14. The van der Waals surface area contributed by atoms with Crippen LogP contribution in [0.25, 0.3) is 52.2 Å². The molecule has 0 saturated heterocycles. The molecule has 0 radical (unpaired) electrons. The molecule has 2 aliphatic rings. The average Bonchev–Trinajstić information content (AvgIpc) is 3.34. The summed E-state index contributed by atoms with van der Waals surface area (Å²) in [4.78, 5) is 4.09. The highest BCUT2D eigenvalue weighted by Gasteiger charge is 2.39. The second-order valence-corrected chi connectivity index (χ2v) is 25.7. The van der Waals surface area contributed by atoms with Gasteiger partial charge in [-0.15, -0.1) is 22.7 Å². The standard InChI is InChI=1S/C54H34N2O2P2S4/c57-59(37-15-3-1-4-16-37)43-21-9-13-25-49(43)63-53-31-35(27-29-45(53)59)55-39-19-7-11-23-47(39)61-51-34-42-52(33-41(51)55)62-48-24-12-8-20-40(48)56(42)36-28-30-46-54(32-36)64-50-26-14-10-22-44(50)60(46,58)38-17-5-2-6-18-38/h1-34H. The molecule has 0 N–H and O–H groups in total. The topological polar surface area (TPSA) is 44.0 Å². The van der Waals surface area contributed by atoms with Crippen LogP contribution in [0, 0.1) is 0 Å². The first kappa shape index (κ1) is 38.6. The highest BCUT2D eigenvalue weighted by Crippen LogP contribution is 2.54. The molecule has 10 heteroatoms. The number of benzene rings is 9. The molecule has 0 spiro atoms. The number of hydrogen-bond acceptors (Lipinski definition) is 6. The summed E-state index contributed by atoms with van der Waals surface area (Å²) in [6.45, 7) is 0.